The van der Waals surface area contributed by atoms with Gasteiger partial charge in [-0.3, -0.25) is 9.59 Å². The molecule has 0 bridgehead atoms. The number of hydrogen-bond acceptors (Lipinski definition) is 4. The van der Waals surface area contributed by atoms with Gasteiger partial charge in [-0.15, -0.1) is 0 Å². The number of benzene rings is 1. The van der Waals surface area contributed by atoms with Gasteiger partial charge in [0.15, 0.2) is 6.29 Å². The smallest absolute Gasteiger partial charge is 0.248 e. The van der Waals surface area contributed by atoms with Gasteiger partial charge in [-0.25, -0.2) is 0 Å². The number of nitrogens with zero attached hydrogens (tertiary/aromatic N) is 2. The molecule has 1 N–H and O–H groups in total. The first-order chi connectivity index (χ1) is 9.15. The van der Waals surface area contributed by atoms with Gasteiger partial charge in [0.2, 0.25) is 5.91 Å². The summed E-state index contributed by atoms with van der Waals surface area (Å²) in [4.78, 5) is 26.2. The predicted octanol–water partition coefficient (Wildman–Crippen LogP) is 0.448. The summed E-state index contributed by atoms with van der Waals surface area (Å²) in [6.45, 7) is 4.05. The van der Waals surface area contributed by atoms with E-state index >= 15 is 0 Å². The summed E-state index contributed by atoms with van der Waals surface area (Å²) in [5.41, 5.74) is 2.70. The zero-order valence-corrected chi connectivity index (χ0v) is 11.0. The fourth-order valence-electron chi connectivity index (χ4n) is 2.32. The second-order valence-corrected chi connectivity index (χ2v) is 4.71. The van der Waals surface area contributed by atoms with Crippen molar-refractivity contribution < 1.29 is 14.7 Å². The summed E-state index contributed by atoms with van der Waals surface area (Å²) in [6, 6.07) is 5.73. The Hall–Kier alpha value is -1.88. The molecule has 0 saturated carbocycles. The summed E-state index contributed by atoms with van der Waals surface area (Å²) in [5.74, 6) is -0.237. The van der Waals surface area contributed by atoms with Crippen LogP contribution in [0.15, 0.2) is 18.2 Å². The average Bonchev–Trinajstić information content (AvgIpc) is 2.46. The van der Waals surface area contributed by atoms with Crippen LogP contribution in [-0.4, -0.2) is 55.0 Å². The Morgan fingerprint density at radius 3 is 2.58 bits per heavy atom. The van der Waals surface area contributed by atoms with Crippen LogP contribution in [-0.2, 0) is 4.79 Å². The molecule has 1 aromatic rings. The lowest BCUT2D eigenvalue weighted by Crippen LogP contribution is -2.49. The third-order valence-electron chi connectivity index (χ3n) is 3.42. The monoisotopic (exact) mass is 262 g/mol. The van der Waals surface area contributed by atoms with Crippen molar-refractivity contribution >= 4 is 17.9 Å². The maximum Gasteiger partial charge on any atom is 0.248 e. The zero-order chi connectivity index (χ0) is 13.8. The SMILES string of the molecule is Cc1ccc(C=O)c(N2CCN(C(=O)CO)CC2)c1. The van der Waals surface area contributed by atoms with Gasteiger partial charge in [-0.2, -0.15) is 0 Å². The highest BCUT2D eigenvalue weighted by Gasteiger charge is 2.21. The number of aliphatic hydroxyl groups excluding tert-OH is 1. The molecule has 19 heavy (non-hydrogen) atoms. The molecule has 102 valence electrons. The summed E-state index contributed by atoms with van der Waals surface area (Å²) < 4.78 is 0. The minimum absolute atomic E-state index is 0.237. The molecule has 0 aliphatic carbocycles. The standard InChI is InChI=1S/C14H18N2O3/c1-11-2-3-12(9-17)13(8-11)15-4-6-16(7-5-15)14(19)10-18/h2-3,8-9,18H,4-7,10H2,1H3. The molecule has 1 saturated heterocycles. The minimum Gasteiger partial charge on any atom is -0.387 e. The number of rotatable bonds is 3. The Morgan fingerprint density at radius 1 is 1.32 bits per heavy atom. The van der Waals surface area contributed by atoms with E-state index < -0.39 is 6.61 Å². The molecule has 0 radical (unpaired) electrons. The lowest BCUT2D eigenvalue weighted by molar-refractivity contribution is -0.134. The van der Waals surface area contributed by atoms with E-state index in [1.165, 1.54) is 0 Å². The van der Waals surface area contributed by atoms with Crippen molar-refractivity contribution in [1.82, 2.24) is 4.90 Å². The summed E-state index contributed by atoms with van der Waals surface area (Å²) in [5, 5.41) is 8.84. The van der Waals surface area contributed by atoms with Gasteiger partial charge in [0, 0.05) is 37.4 Å². The van der Waals surface area contributed by atoms with Gasteiger partial charge in [0.1, 0.15) is 6.61 Å². The largest absolute Gasteiger partial charge is 0.387 e. The van der Waals surface area contributed by atoms with E-state index in [-0.39, 0.29) is 5.91 Å². The molecular weight excluding hydrogens is 244 g/mol. The first-order valence-corrected chi connectivity index (χ1v) is 6.35. The molecule has 2 rings (SSSR count). The van der Waals surface area contributed by atoms with Crippen molar-refractivity contribution in [2.45, 2.75) is 6.92 Å². The molecule has 1 heterocycles. The number of carbonyl (C=O) groups excluding carboxylic acids is 2. The number of amides is 1. The van der Waals surface area contributed by atoms with Crippen molar-refractivity contribution in [3.05, 3.63) is 29.3 Å². The van der Waals surface area contributed by atoms with Crippen LogP contribution in [0.1, 0.15) is 15.9 Å². The molecule has 5 heteroatoms. The van der Waals surface area contributed by atoms with E-state index in [1.807, 2.05) is 25.1 Å². The van der Waals surface area contributed by atoms with E-state index in [1.54, 1.807) is 4.90 Å². The van der Waals surface area contributed by atoms with Crippen molar-refractivity contribution in [2.75, 3.05) is 37.7 Å². The maximum absolute atomic E-state index is 11.4. The Labute approximate surface area is 112 Å². The average molecular weight is 262 g/mol. The Morgan fingerprint density at radius 2 is 2.00 bits per heavy atom. The number of carbonyl (C=O) groups is 2. The second-order valence-electron chi connectivity index (χ2n) is 4.71. The van der Waals surface area contributed by atoms with Gasteiger partial charge in [0.25, 0.3) is 0 Å². The summed E-state index contributed by atoms with van der Waals surface area (Å²) >= 11 is 0. The molecular formula is C14H18N2O3. The fourth-order valence-corrected chi connectivity index (χ4v) is 2.32. The normalized spacial score (nSPS) is 15.5. The first-order valence-electron chi connectivity index (χ1n) is 6.35. The minimum atomic E-state index is -0.440. The quantitative estimate of drug-likeness (QED) is 0.803. The van der Waals surface area contributed by atoms with Crippen LogP contribution >= 0.6 is 0 Å². The van der Waals surface area contributed by atoms with Crippen molar-refractivity contribution in [1.29, 1.82) is 0 Å². The van der Waals surface area contributed by atoms with E-state index in [0.717, 1.165) is 17.5 Å². The molecule has 1 fully saturated rings. The van der Waals surface area contributed by atoms with Crippen molar-refractivity contribution in [3.63, 3.8) is 0 Å². The van der Waals surface area contributed by atoms with Crippen LogP contribution in [0.25, 0.3) is 0 Å². The molecule has 0 aromatic heterocycles. The van der Waals surface area contributed by atoms with Gasteiger partial charge >= 0.3 is 0 Å². The highest BCUT2D eigenvalue weighted by molar-refractivity contribution is 5.85. The Kier molecular flexibility index (Phi) is 4.16. The van der Waals surface area contributed by atoms with Crippen LogP contribution < -0.4 is 4.90 Å². The number of anilines is 1. The summed E-state index contributed by atoms with van der Waals surface area (Å²) in [6.07, 6.45) is 0.861. The van der Waals surface area contributed by atoms with Gasteiger partial charge < -0.3 is 14.9 Å². The van der Waals surface area contributed by atoms with Crippen molar-refractivity contribution in [3.8, 4) is 0 Å². The highest BCUT2D eigenvalue weighted by atomic mass is 16.3. The number of hydrogen-bond donors (Lipinski definition) is 1. The summed E-state index contributed by atoms with van der Waals surface area (Å²) in [7, 11) is 0. The molecule has 5 nitrogen and oxygen atoms in total. The topological polar surface area (TPSA) is 60.9 Å². The van der Waals surface area contributed by atoms with E-state index in [9.17, 15) is 9.59 Å². The number of aryl methyl sites for hydroxylation is 1. The van der Waals surface area contributed by atoms with Gasteiger partial charge in [-0.05, 0) is 24.6 Å². The second kappa shape index (κ2) is 5.84. The zero-order valence-electron chi connectivity index (χ0n) is 11.0. The number of piperazine rings is 1. The maximum atomic E-state index is 11.4. The van der Waals surface area contributed by atoms with Crippen LogP contribution in [0, 0.1) is 6.92 Å². The van der Waals surface area contributed by atoms with E-state index in [0.29, 0.717) is 31.7 Å². The van der Waals surface area contributed by atoms with E-state index in [2.05, 4.69) is 4.90 Å². The lowest BCUT2D eigenvalue weighted by Gasteiger charge is -2.36. The molecule has 0 spiro atoms. The third-order valence-corrected chi connectivity index (χ3v) is 3.42. The van der Waals surface area contributed by atoms with Gasteiger partial charge in [-0.1, -0.05) is 6.07 Å². The van der Waals surface area contributed by atoms with Crippen LogP contribution in [0.2, 0.25) is 0 Å². The van der Waals surface area contributed by atoms with Gasteiger partial charge in [0.05, 0.1) is 0 Å². The molecule has 0 unspecified atom stereocenters. The Bertz CT molecular complexity index is 480. The molecule has 1 aliphatic heterocycles. The van der Waals surface area contributed by atoms with Crippen LogP contribution in [0.3, 0.4) is 0 Å². The molecule has 1 amide bonds. The highest BCUT2D eigenvalue weighted by Crippen LogP contribution is 2.22. The third kappa shape index (κ3) is 2.93. The van der Waals surface area contributed by atoms with Crippen LogP contribution in [0.4, 0.5) is 5.69 Å². The molecule has 1 aromatic carbocycles. The predicted molar refractivity (Wildman–Crippen MR) is 72.4 cm³/mol. The number of aldehydes is 1. The number of aliphatic hydroxyl groups is 1. The van der Waals surface area contributed by atoms with E-state index in [4.69, 9.17) is 5.11 Å². The lowest BCUT2D eigenvalue weighted by atomic mass is 10.1. The van der Waals surface area contributed by atoms with Crippen LogP contribution in [0.5, 0.6) is 0 Å². The first kappa shape index (κ1) is 13.5. The molecule has 0 atom stereocenters. The van der Waals surface area contributed by atoms with Crippen molar-refractivity contribution in [2.24, 2.45) is 0 Å². The fraction of sp³-hybridized carbons (Fsp3) is 0.429. The molecule has 1 aliphatic rings. The Balaban J connectivity index is 2.11.